The van der Waals surface area contributed by atoms with Gasteiger partial charge in [-0.15, -0.1) is 0 Å². The van der Waals surface area contributed by atoms with Gasteiger partial charge < -0.3 is 0 Å². The Balaban J connectivity index is 1.76. The van der Waals surface area contributed by atoms with Crippen molar-refractivity contribution in [3.05, 3.63) is 107 Å². The third kappa shape index (κ3) is 3.35. The molecule has 0 aliphatic rings. The molecule has 7 aromatic rings. The highest BCUT2D eigenvalue weighted by atomic mass is 19.2. The highest BCUT2D eigenvalue weighted by molar-refractivity contribution is 6.27. The third-order valence-electron chi connectivity index (χ3n) is 7.29. The summed E-state index contributed by atoms with van der Waals surface area (Å²) in [7, 11) is 0. The minimum atomic E-state index is -2.62. The number of pyridine rings is 2. The van der Waals surface area contributed by atoms with Crippen molar-refractivity contribution in [2.24, 2.45) is 0 Å². The van der Waals surface area contributed by atoms with E-state index in [-0.39, 0.29) is 11.0 Å². The largest absolute Gasteiger partial charge is 0.254 e. The quantitative estimate of drug-likeness (QED) is 0.0808. The maximum absolute atomic E-state index is 16.4. The molecular formula is C30H7F11N2. The Morgan fingerprint density at radius 3 is 1.26 bits per heavy atom. The van der Waals surface area contributed by atoms with Crippen LogP contribution in [0.3, 0.4) is 0 Å². The summed E-state index contributed by atoms with van der Waals surface area (Å²) in [5, 5.41) is -9.50. The average molecular weight is 604 g/mol. The van der Waals surface area contributed by atoms with Crippen LogP contribution in [0, 0.1) is 64.0 Å². The number of nitrogens with zero attached hydrogens (tertiary/aromatic N) is 2. The van der Waals surface area contributed by atoms with Gasteiger partial charge in [0.15, 0.2) is 58.2 Å². The maximum Gasteiger partial charge on any atom is 0.198 e. The van der Waals surface area contributed by atoms with Gasteiger partial charge in [0.1, 0.15) is 5.82 Å². The minimum absolute atomic E-state index is 0.0641. The Labute approximate surface area is 230 Å². The molecule has 2 aromatic heterocycles. The van der Waals surface area contributed by atoms with Crippen molar-refractivity contribution in [2.45, 2.75) is 0 Å². The molecule has 0 N–H and O–H groups in total. The fraction of sp³-hybridized carbons (Fsp3) is 0. The molecule has 0 bridgehead atoms. The Hall–Kier alpha value is -5.07. The fourth-order valence-corrected chi connectivity index (χ4v) is 5.42. The molecule has 7 rings (SSSR count). The van der Waals surface area contributed by atoms with E-state index in [0.29, 0.717) is 10.8 Å². The van der Waals surface area contributed by atoms with Crippen molar-refractivity contribution in [3.63, 3.8) is 0 Å². The summed E-state index contributed by atoms with van der Waals surface area (Å²) >= 11 is 0. The number of fused-ring (bicyclic) bond motifs is 9. The molecule has 0 aliphatic heterocycles. The summed E-state index contributed by atoms with van der Waals surface area (Å²) in [6, 6.07) is 8.82. The van der Waals surface area contributed by atoms with Gasteiger partial charge in [-0.3, -0.25) is 4.98 Å². The van der Waals surface area contributed by atoms with Crippen LogP contribution in [0.15, 0.2) is 42.6 Å². The summed E-state index contributed by atoms with van der Waals surface area (Å²) in [6.45, 7) is 0. The molecule has 13 heteroatoms. The summed E-state index contributed by atoms with van der Waals surface area (Å²) in [4.78, 5) is 8.33. The van der Waals surface area contributed by atoms with Crippen molar-refractivity contribution in [3.8, 4) is 11.3 Å². The molecule has 0 spiro atoms. The van der Waals surface area contributed by atoms with Gasteiger partial charge in [-0.1, -0.05) is 24.3 Å². The summed E-state index contributed by atoms with van der Waals surface area (Å²) in [5.74, 6) is -26.6. The summed E-state index contributed by atoms with van der Waals surface area (Å²) in [5.41, 5.74) is -1.70. The van der Waals surface area contributed by atoms with Gasteiger partial charge in [-0.25, -0.2) is 53.3 Å². The molecular weight excluding hydrogens is 597 g/mol. The normalized spacial score (nSPS) is 12.1. The number of benzene rings is 5. The van der Waals surface area contributed by atoms with E-state index in [2.05, 4.69) is 9.97 Å². The lowest BCUT2D eigenvalue weighted by Gasteiger charge is -2.18. The predicted octanol–water partition coefficient (Wildman–Crippen LogP) is 9.44. The molecule has 0 saturated heterocycles. The lowest BCUT2D eigenvalue weighted by atomic mass is 9.89. The van der Waals surface area contributed by atoms with Crippen LogP contribution in [0.2, 0.25) is 0 Å². The molecule has 0 unspecified atom stereocenters. The molecule has 0 fully saturated rings. The molecule has 214 valence electrons. The Bertz CT molecular complexity index is 2380. The van der Waals surface area contributed by atoms with Crippen LogP contribution in [-0.4, -0.2) is 9.97 Å². The zero-order valence-corrected chi connectivity index (χ0v) is 20.6. The number of aromatic nitrogens is 2. The monoisotopic (exact) mass is 604 g/mol. The standard InChI is InChI=1S/C30H7F11N2/c31-18-11(10-6-5-9-4-3-8-2-1-7-42-29(8)30(9)43-10)19(32)20(33)13-12(18)14-16(23(36)27(40)25(38)21(14)34)17-15(13)22(35)26(39)28(41)24(17)37/h1-7H. The first kappa shape index (κ1) is 26.8. The number of rotatable bonds is 1. The van der Waals surface area contributed by atoms with Crippen LogP contribution >= 0.6 is 0 Å². The summed E-state index contributed by atoms with van der Waals surface area (Å²) in [6.07, 6.45) is 1.39. The Morgan fingerprint density at radius 2 is 0.767 bits per heavy atom. The van der Waals surface area contributed by atoms with Gasteiger partial charge in [0.25, 0.3) is 0 Å². The van der Waals surface area contributed by atoms with E-state index in [1.165, 1.54) is 12.3 Å². The molecule has 0 saturated carbocycles. The van der Waals surface area contributed by atoms with Crippen LogP contribution in [0.1, 0.15) is 0 Å². The molecule has 0 amide bonds. The van der Waals surface area contributed by atoms with Crippen LogP contribution in [0.5, 0.6) is 0 Å². The van der Waals surface area contributed by atoms with Crippen molar-refractivity contribution in [1.82, 2.24) is 9.97 Å². The van der Waals surface area contributed by atoms with E-state index >= 15 is 26.3 Å². The van der Waals surface area contributed by atoms with E-state index in [0.717, 1.165) is 6.07 Å². The van der Waals surface area contributed by atoms with Crippen LogP contribution in [0.25, 0.3) is 65.4 Å². The zero-order valence-electron chi connectivity index (χ0n) is 20.6. The Morgan fingerprint density at radius 1 is 0.372 bits per heavy atom. The highest BCUT2D eigenvalue weighted by Gasteiger charge is 2.35. The predicted molar refractivity (Wildman–Crippen MR) is 135 cm³/mol. The molecule has 2 nitrogen and oxygen atoms in total. The maximum atomic E-state index is 16.4. The molecule has 5 aromatic carbocycles. The van der Waals surface area contributed by atoms with Crippen LogP contribution < -0.4 is 0 Å². The lowest BCUT2D eigenvalue weighted by molar-refractivity contribution is 0.415. The van der Waals surface area contributed by atoms with Crippen LogP contribution in [-0.2, 0) is 0 Å². The molecule has 43 heavy (non-hydrogen) atoms. The Kier molecular flexibility index (Phi) is 5.59. The molecule has 0 aliphatic carbocycles. The van der Waals surface area contributed by atoms with Crippen molar-refractivity contribution < 1.29 is 48.3 Å². The van der Waals surface area contributed by atoms with Crippen molar-refractivity contribution in [2.75, 3.05) is 0 Å². The smallest absolute Gasteiger partial charge is 0.198 e. The highest BCUT2D eigenvalue weighted by Crippen LogP contribution is 2.47. The van der Waals surface area contributed by atoms with E-state index in [4.69, 9.17) is 0 Å². The molecule has 2 heterocycles. The molecule has 0 radical (unpaired) electrons. The first-order valence-electron chi connectivity index (χ1n) is 12.0. The zero-order chi connectivity index (χ0) is 30.6. The van der Waals surface area contributed by atoms with Crippen LogP contribution in [0.4, 0.5) is 48.3 Å². The van der Waals surface area contributed by atoms with Gasteiger partial charge in [0.2, 0.25) is 0 Å². The number of halogens is 11. The fourth-order valence-electron chi connectivity index (χ4n) is 5.42. The van der Waals surface area contributed by atoms with Crippen molar-refractivity contribution in [1.29, 1.82) is 0 Å². The SMILES string of the molecule is Fc1c(F)c(F)c2c(c1F)c1c(F)c(F)c(F)c(F)c1c1c(F)c(-c3ccc4ccc5cccnc5c4n3)c(F)c(F)c21. The van der Waals surface area contributed by atoms with Gasteiger partial charge in [-0.05, 0) is 12.1 Å². The van der Waals surface area contributed by atoms with E-state index in [1.807, 2.05) is 0 Å². The van der Waals surface area contributed by atoms with Gasteiger partial charge in [-0.2, -0.15) is 0 Å². The number of hydrogen-bond acceptors (Lipinski definition) is 2. The van der Waals surface area contributed by atoms with Gasteiger partial charge in [0.05, 0.1) is 22.3 Å². The summed E-state index contributed by atoms with van der Waals surface area (Å²) < 4.78 is 166. The second-order valence-electron chi connectivity index (χ2n) is 9.49. The topological polar surface area (TPSA) is 25.8 Å². The van der Waals surface area contributed by atoms with E-state index < -0.39 is 108 Å². The second kappa shape index (κ2) is 8.96. The first-order chi connectivity index (χ1) is 20.5. The third-order valence-corrected chi connectivity index (χ3v) is 7.29. The van der Waals surface area contributed by atoms with E-state index in [1.54, 1.807) is 24.3 Å². The van der Waals surface area contributed by atoms with E-state index in [9.17, 15) is 22.0 Å². The van der Waals surface area contributed by atoms with Crippen molar-refractivity contribution >= 4 is 54.1 Å². The van der Waals surface area contributed by atoms with Gasteiger partial charge in [0, 0.05) is 49.3 Å². The average Bonchev–Trinajstić information content (AvgIpc) is 3.01. The first-order valence-corrected chi connectivity index (χ1v) is 12.0. The number of hydrogen-bond donors (Lipinski definition) is 0. The molecule has 0 atom stereocenters. The lowest BCUT2D eigenvalue weighted by Crippen LogP contribution is -2.08. The minimum Gasteiger partial charge on any atom is -0.254 e. The van der Waals surface area contributed by atoms with Gasteiger partial charge >= 0.3 is 0 Å². The second-order valence-corrected chi connectivity index (χ2v) is 9.49.